The summed E-state index contributed by atoms with van der Waals surface area (Å²) in [5.74, 6) is -1.10. The van der Waals surface area contributed by atoms with Gasteiger partial charge in [0.1, 0.15) is 6.61 Å². The van der Waals surface area contributed by atoms with Gasteiger partial charge in [-0.3, -0.25) is 9.59 Å². The molecule has 2 N–H and O–H groups in total. The summed E-state index contributed by atoms with van der Waals surface area (Å²) in [4.78, 5) is 21.6. The minimum Gasteiger partial charge on any atom is -0.481 e. The molecule has 0 aromatic rings. The lowest BCUT2D eigenvalue weighted by molar-refractivity contribution is -0.137. The Kier molecular flexibility index (Phi) is 9.37. The van der Waals surface area contributed by atoms with Gasteiger partial charge in [-0.2, -0.15) is 0 Å². The predicted octanol–water partition coefficient (Wildman–Crippen LogP) is 0.409. The monoisotopic (exact) mass is 247 g/mol. The van der Waals surface area contributed by atoms with Crippen LogP contribution >= 0.6 is 0 Å². The molecule has 1 amide bonds. The minimum absolute atomic E-state index is 0.0233. The van der Waals surface area contributed by atoms with Crippen molar-refractivity contribution in [3.05, 3.63) is 0 Å². The zero-order chi connectivity index (χ0) is 13.1. The molecule has 0 aromatic carbocycles. The lowest BCUT2D eigenvalue weighted by Crippen LogP contribution is -2.35. The fourth-order valence-electron chi connectivity index (χ4n) is 1.16. The molecule has 1 unspecified atom stereocenters. The average Bonchev–Trinajstić information content (AvgIpc) is 2.26. The Morgan fingerprint density at radius 3 is 2.53 bits per heavy atom. The summed E-state index contributed by atoms with van der Waals surface area (Å²) in [5.41, 5.74) is 0. The van der Waals surface area contributed by atoms with Gasteiger partial charge in [-0.05, 0) is 20.3 Å². The number of amides is 1. The number of carboxylic acid groups (broad SMARTS) is 1. The Labute approximate surface area is 101 Å². The van der Waals surface area contributed by atoms with Crippen molar-refractivity contribution in [2.45, 2.75) is 32.7 Å². The molecule has 6 heteroatoms. The second kappa shape index (κ2) is 10.0. The molecule has 0 bridgehead atoms. The number of rotatable bonds is 10. The normalized spacial score (nSPS) is 12.1. The molecule has 0 aliphatic rings. The van der Waals surface area contributed by atoms with Crippen LogP contribution in [0, 0.1) is 0 Å². The highest BCUT2D eigenvalue weighted by Gasteiger charge is 2.08. The van der Waals surface area contributed by atoms with Gasteiger partial charge in [0.15, 0.2) is 0 Å². The van der Waals surface area contributed by atoms with Gasteiger partial charge in [-0.25, -0.2) is 0 Å². The summed E-state index contributed by atoms with van der Waals surface area (Å²) >= 11 is 0. The zero-order valence-electron chi connectivity index (χ0n) is 10.4. The van der Waals surface area contributed by atoms with Crippen LogP contribution in [0.25, 0.3) is 0 Å². The van der Waals surface area contributed by atoms with Crippen molar-refractivity contribution in [3.8, 4) is 0 Å². The molecular weight excluding hydrogens is 226 g/mol. The second-order valence-electron chi connectivity index (χ2n) is 3.65. The van der Waals surface area contributed by atoms with Gasteiger partial charge in [0.2, 0.25) is 5.91 Å². The number of carboxylic acids is 1. The molecule has 0 spiro atoms. The van der Waals surface area contributed by atoms with Crippen LogP contribution in [0.1, 0.15) is 26.7 Å². The summed E-state index contributed by atoms with van der Waals surface area (Å²) in [6, 6.07) is -0.158. The Balaban J connectivity index is 3.47. The topological polar surface area (TPSA) is 84.9 Å². The lowest BCUT2D eigenvalue weighted by atomic mass is 10.2. The molecule has 0 rings (SSSR count). The minimum atomic E-state index is -0.862. The highest BCUT2D eigenvalue weighted by Crippen LogP contribution is 1.96. The van der Waals surface area contributed by atoms with E-state index in [-0.39, 0.29) is 25.0 Å². The van der Waals surface area contributed by atoms with E-state index in [0.29, 0.717) is 26.2 Å². The average molecular weight is 247 g/mol. The molecule has 0 saturated heterocycles. The zero-order valence-corrected chi connectivity index (χ0v) is 10.4. The maximum Gasteiger partial charge on any atom is 0.303 e. The predicted molar refractivity (Wildman–Crippen MR) is 61.8 cm³/mol. The molecule has 0 fully saturated rings. The molecule has 0 aromatic heterocycles. The Morgan fingerprint density at radius 2 is 1.94 bits per heavy atom. The van der Waals surface area contributed by atoms with Gasteiger partial charge in [0.25, 0.3) is 0 Å². The molecule has 100 valence electrons. The van der Waals surface area contributed by atoms with Crippen LogP contribution in [0.4, 0.5) is 0 Å². The van der Waals surface area contributed by atoms with Crippen molar-refractivity contribution in [2.75, 3.05) is 26.4 Å². The van der Waals surface area contributed by atoms with Gasteiger partial charge < -0.3 is 19.9 Å². The first-order valence-electron chi connectivity index (χ1n) is 5.73. The molecule has 0 aliphatic heterocycles. The van der Waals surface area contributed by atoms with Gasteiger partial charge in [0.05, 0.1) is 13.2 Å². The number of carbonyl (C=O) groups is 2. The lowest BCUT2D eigenvalue weighted by Gasteiger charge is -2.12. The van der Waals surface area contributed by atoms with Crippen molar-refractivity contribution in [1.82, 2.24) is 5.32 Å². The second-order valence-corrected chi connectivity index (χ2v) is 3.65. The van der Waals surface area contributed by atoms with Gasteiger partial charge >= 0.3 is 5.97 Å². The Hall–Kier alpha value is -1.14. The smallest absolute Gasteiger partial charge is 0.303 e. The summed E-state index contributed by atoms with van der Waals surface area (Å²) in [6.45, 7) is 5.10. The summed E-state index contributed by atoms with van der Waals surface area (Å²) < 4.78 is 10.1. The molecule has 6 nitrogen and oxygen atoms in total. The Morgan fingerprint density at radius 1 is 1.29 bits per heavy atom. The van der Waals surface area contributed by atoms with E-state index >= 15 is 0 Å². The van der Waals surface area contributed by atoms with Crippen molar-refractivity contribution < 1.29 is 24.2 Å². The van der Waals surface area contributed by atoms with Crippen molar-refractivity contribution in [2.24, 2.45) is 0 Å². The maximum atomic E-state index is 11.3. The van der Waals surface area contributed by atoms with Crippen molar-refractivity contribution in [3.63, 3.8) is 0 Å². The number of ether oxygens (including phenoxy) is 2. The Bertz CT molecular complexity index is 232. The largest absolute Gasteiger partial charge is 0.481 e. The van der Waals surface area contributed by atoms with Crippen LogP contribution in [0.3, 0.4) is 0 Å². The van der Waals surface area contributed by atoms with Crippen LogP contribution in [0.15, 0.2) is 0 Å². The van der Waals surface area contributed by atoms with E-state index in [2.05, 4.69) is 5.32 Å². The molecule has 0 radical (unpaired) electrons. The summed E-state index contributed by atoms with van der Waals surface area (Å²) in [6.07, 6.45) is 0.465. The van der Waals surface area contributed by atoms with E-state index in [1.165, 1.54) is 0 Å². The fourth-order valence-corrected chi connectivity index (χ4v) is 1.16. The molecular formula is C11H21NO5. The van der Waals surface area contributed by atoms with E-state index in [4.69, 9.17) is 14.6 Å². The maximum absolute atomic E-state index is 11.3. The molecule has 17 heavy (non-hydrogen) atoms. The van der Waals surface area contributed by atoms with Crippen LogP contribution in [0.2, 0.25) is 0 Å². The van der Waals surface area contributed by atoms with Crippen LogP contribution in [0.5, 0.6) is 0 Å². The first kappa shape index (κ1) is 15.9. The molecule has 0 heterocycles. The summed E-state index contributed by atoms with van der Waals surface area (Å²) in [5, 5.41) is 11.1. The third-order valence-corrected chi connectivity index (χ3v) is 2.01. The number of carbonyl (C=O) groups excluding carboxylic acids is 1. The number of hydrogen-bond donors (Lipinski definition) is 2. The van der Waals surface area contributed by atoms with E-state index in [1.54, 1.807) is 6.92 Å². The number of nitrogens with one attached hydrogen (secondary N) is 1. The van der Waals surface area contributed by atoms with Gasteiger partial charge in [0, 0.05) is 19.1 Å². The van der Waals surface area contributed by atoms with Gasteiger partial charge in [-0.1, -0.05) is 0 Å². The third-order valence-electron chi connectivity index (χ3n) is 2.01. The quantitative estimate of drug-likeness (QED) is 0.546. The van der Waals surface area contributed by atoms with Crippen LogP contribution in [-0.4, -0.2) is 49.5 Å². The molecule has 0 saturated carbocycles. The SMILES string of the molecule is CCOCCOCC(=O)NC(C)CCC(=O)O. The summed E-state index contributed by atoms with van der Waals surface area (Å²) in [7, 11) is 0. The van der Waals surface area contributed by atoms with E-state index in [1.807, 2.05) is 6.92 Å². The van der Waals surface area contributed by atoms with Gasteiger partial charge in [-0.15, -0.1) is 0 Å². The van der Waals surface area contributed by atoms with Crippen LogP contribution in [-0.2, 0) is 19.1 Å². The number of aliphatic carboxylic acids is 1. The highest BCUT2D eigenvalue weighted by molar-refractivity contribution is 5.77. The molecule has 0 aliphatic carbocycles. The van der Waals surface area contributed by atoms with Crippen molar-refractivity contribution >= 4 is 11.9 Å². The first-order chi connectivity index (χ1) is 8.06. The standard InChI is InChI=1S/C11H21NO5/c1-3-16-6-7-17-8-10(13)12-9(2)4-5-11(14)15/h9H,3-8H2,1-2H3,(H,12,13)(H,14,15). The third kappa shape index (κ3) is 11.1. The first-order valence-corrected chi connectivity index (χ1v) is 5.73. The van der Waals surface area contributed by atoms with E-state index in [0.717, 1.165) is 0 Å². The van der Waals surface area contributed by atoms with E-state index in [9.17, 15) is 9.59 Å². The van der Waals surface area contributed by atoms with Crippen molar-refractivity contribution in [1.29, 1.82) is 0 Å². The molecule has 1 atom stereocenters. The number of hydrogen-bond acceptors (Lipinski definition) is 4. The highest BCUT2D eigenvalue weighted by atomic mass is 16.5. The van der Waals surface area contributed by atoms with Crippen LogP contribution < -0.4 is 5.32 Å². The van der Waals surface area contributed by atoms with E-state index < -0.39 is 5.97 Å². The fraction of sp³-hybridized carbons (Fsp3) is 0.818.